The van der Waals surface area contributed by atoms with Crippen molar-refractivity contribution in [3.05, 3.63) is 83.7 Å². The molecule has 0 saturated carbocycles. The van der Waals surface area contributed by atoms with Crippen molar-refractivity contribution in [3.8, 4) is 5.75 Å². The number of hydrogen-bond donors (Lipinski definition) is 2. The van der Waals surface area contributed by atoms with Crippen LogP contribution in [0.15, 0.2) is 66.9 Å². The summed E-state index contributed by atoms with van der Waals surface area (Å²) in [6, 6.07) is 18.4. The first-order valence-corrected chi connectivity index (χ1v) is 9.30. The van der Waals surface area contributed by atoms with E-state index in [2.05, 4.69) is 15.6 Å². The maximum absolute atomic E-state index is 12.3. The summed E-state index contributed by atoms with van der Waals surface area (Å²) < 4.78 is 5.13. The van der Waals surface area contributed by atoms with E-state index in [4.69, 9.17) is 4.74 Å². The number of carbonyl (C=O) groups excluding carboxylic acids is 2. The van der Waals surface area contributed by atoms with Gasteiger partial charge >= 0.3 is 0 Å². The number of nitrogens with zero attached hydrogens (tertiary/aromatic N) is 1. The van der Waals surface area contributed by atoms with Gasteiger partial charge in [0.05, 0.1) is 19.0 Å². The van der Waals surface area contributed by atoms with Crippen molar-refractivity contribution >= 4 is 23.1 Å². The Balaban J connectivity index is 1.53. The molecule has 1 amide bonds. The monoisotopic (exact) mass is 389 g/mol. The number of ketones is 1. The topological polar surface area (TPSA) is 80.3 Å². The standard InChI is InChI=1S/C23H23N3O3/c1-16(27)18-4-3-5-19(14-18)26-20-8-11-22(25-15-20)23(28)24-13-12-17-6-9-21(29-2)10-7-17/h3-11,14-15,26H,12-13H2,1-2H3,(H,24,28). The molecule has 29 heavy (non-hydrogen) atoms. The molecule has 0 spiro atoms. The number of Topliss-reactive ketones (excluding diaryl/α,β-unsaturated/α-hetero) is 1. The fourth-order valence-electron chi connectivity index (χ4n) is 2.79. The molecule has 6 nitrogen and oxygen atoms in total. The Labute approximate surface area is 169 Å². The first-order chi connectivity index (χ1) is 14.0. The van der Waals surface area contributed by atoms with Crippen molar-refractivity contribution < 1.29 is 14.3 Å². The number of pyridine rings is 1. The quantitative estimate of drug-likeness (QED) is 0.569. The van der Waals surface area contributed by atoms with E-state index in [1.807, 2.05) is 36.4 Å². The van der Waals surface area contributed by atoms with Crippen molar-refractivity contribution in [3.63, 3.8) is 0 Å². The molecule has 2 aromatic carbocycles. The van der Waals surface area contributed by atoms with Crippen LogP contribution in [0.25, 0.3) is 0 Å². The van der Waals surface area contributed by atoms with E-state index < -0.39 is 0 Å². The summed E-state index contributed by atoms with van der Waals surface area (Å²) in [4.78, 5) is 28.0. The van der Waals surface area contributed by atoms with Gasteiger partial charge in [-0.05, 0) is 55.3 Å². The van der Waals surface area contributed by atoms with Gasteiger partial charge in [0, 0.05) is 17.8 Å². The number of carbonyl (C=O) groups is 2. The van der Waals surface area contributed by atoms with Crippen molar-refractivity contribution in [1.82, 2.24) is 10.3 Å². The Morgan fingerprint density at radius 3 is 2.45 bits per heavy atom. The van der Waals surface area contributed by atoms with Crippen LogP contribution in [0.1, 0.15) is 33.3 Å². The third-order valence-corrected chi connectivity index (χ3v) is 4.41. The lowest BCUT2D eigenvalue weighted by molar-refractivity contribution is 0.0948. The van der Waals surface area contributed by atoms with Crippen LogP contribution in [0.5, 0.6) is 5.75 Å². The molecule has 0 aliphatic heterocycles. The number of nitrogens with one attached hydrogen (secondary N) is 2. The lowest BCUT2D eigenvalue weighted by Gasteiger charge is -2.09. The molecule has 3 rings (SSSR count). The van der Waals surface area contributed by atoms with Gasteiger partial charge < -0.3 is 15.4 Å². The number of benzene rings is 2. The Morgan fingerprint density at radius 1 is 1.00 bits per heavy atom. The number of methoxy groups -OCH3 is 1. The average molecular weight is 389 g/mol. The fraction of sp³-hybridized carbons (Fsp3) is 0.174. The highest BCUT2D eigenvalue weighted by Crippen LogP contribution is 2.17. The smallest absolute Gasteiger partial charge is 0.269 e. The molecule has 1 aromatic heterocycles. The van der Waals surface area contributed by atoms with Gasteiger partial charge in [-0.15, -0.1) is 0 Å². The third kappa shape index (κ3) is 5.65. The van der Waals surface area contributed by atoms with Gasteiger partial charge in [-0.1, -0.05) is 24.3 Å². The molecule has 0 saturated heterocycles. The molecule has 2 N–H and O–H groups in total. The lowest BCUT2D eigenvalue weighted by Crippen LogP contribution is -2.26. The van der Waals surface area contributed by atoms with Crippen LogP contribution in [0.2, 0.25) is 0 Å². The fourth-order valence-corrected chi connectivity index (χ4v) is 2.79. The number of anilines is 2. The molecule has 1 heterocycles. The lowest BCUT2D eigenvalue weighted by atomic mass is 10.1. The number of amides is 1. The van der Waals surface area contributed by atoms with E-state index in [9.17, 15) is 9.59 Å². The SMILES string of the molecule is COc1ccc(CCNC(=O)c2ccc(Nc3cccc(C(C)=O)c3)cn2)cc1. The van der Waals surface area contributed by atoms with E-state index in [1.54, 1.807) is 37.6 Å². The molecule has 0 atom stereocenters. The Morgan fingerprint density at radius 2 is 1.79 bits per heavy atom. The molecule has 0 bridgehead atoms. The van der Waals surface area contributed by atoms with E-state index >= 15 is 0 Å². The summed E-state index contributed by atoms with van der Waals surface area (Å²) in [5, 5.41) is 6.06. The van der Waals surface area contributed by atoms with Crippen LogP contribution in [0, 0.1) is 0 Å². The summed E-state index contributed by atoms with van der Waals surface area (Å²) in [6.45, 7) is 2.05. The van der Waals surface area contributed by atoms with Gasteiger partial charge in [0.1, 0.15) is 11.4 Å². The van der Waals surface area contributed by atoms with E-state index in [-0.39, 0.29) is 11.7 Å². The minimum absolute atomic E-state index is 0.00781. The minimum atomic E-state index is -0.219. The summed E-state index contributed by atoms with van der Waals surface area (Å²) in [6.07, 6.45) is 2.32. The normalized spacial score (nSPS) is 10.3. The summed E-state index contributed by atoms with van der Waals surface area (Å²) in [5.74, 6) is 0.598. The molecular weight excluding hydrogens is 366 g/mol. The molecule has 6 heteroatoms. The predicted molar refractivity (Wildman–Crippen MR) is 113 cm³/mol. The second kappa shape index (κ2) is 9.50. The first-order valence-electron chi connectivity index (χ1n) is 9.30. The molecule has 0 aliphatic carbocycles. The van der Waals surface area contributed by atoms with Gasteiger partial charge in [0.2, 0.25) is 0 Å². The maximum Gasteiger partial charge on any atom is 0.269 e. The van der Waals surface area contributed by atoms with Gasteiger partial charge in [-0.25, -0.2) is 4.98 Å². The van der Waals surface area contributed by atoms with E-state index in [1.165, 1.54) is 6.92 Å². The summed E-state index contributed by atoms with van der Waals surface area (Å²) in [7, 11) is 1.63. The summed E-state index contributed by atoms with van der Waals surface area (Å²) in [5.41, 5.74) is 3.63. The second-order valence-corrected chi connectivity index (χ2v) is 6.55. The molecular formula is C23H23N3O3. The molecule has 0 radical (unpaired) electrons. The number of rotatable bonds is 8. The highest BCUT2D eigenvalue weighted by Gasteiger charge is 2.07. The maximum atomic E-state index is 12.3. The van der Waals surface area contributed by atoms with Gasteiger partial charge in [-0.3, -0.25) is 9.59 Å². The van der Waals surface area contributed by atoms with Gasteiger partial charge in [0.15, 0.2) is 5.78 Å². The van der Waals surface area contributed by atoms with E-state index in [0.29, 0.717) is 17.8 Å². The first kappa shape index (κ1) is 20.1. The molecule has 148 valence electrons. The molecule has 0 aliphatic rings. The van der Waals surface area contributed by atoms with Crippen LogP contribution < -0.4 is 15.4 Å². The number of hydrogen-bond acceptors (Lipinski definition) is 5. The van der Waals surface area contributed by atoms with Crippen LogP contribution in [-0.2, 0) is 6.42 Å². The second-order valence-electron chi connectivity index (χ2n) is 6.55. The van der Waals surface area contributed by atoms with E-state index in [0.717, 1.165) is 29.1 Å². The number of aromatic nitrogens is 1. The molecule has 0 fully saturated rings. The van der Waals surface area contributed by atoms with Crippen LogP contribution >= 0.6 is 0 Å². The minimum Gasteiger partial charge on any atom is -0.497 e. The van der Waals surface area contributed by atoms with Crippen LogP contribution in [0.4, 0.5) is 11.4 Å². The Bertz CT molecular complexity index is 983. The third-order valence-electron chi connectivity index (χ3n) is 4.41. The predicted octanol–water partition coefficient (Wildman–Crippen LogP) is 4.01. The zero-order valence-corrected chi connectivity index (χ0v) is 16.4. The van der Waals surface area contributed by atoms with Crippen molar-refractivity contribution in [1.29, 1.82) is 0 Å². The van der Waals surface area contributed by atoms with Gasteiger partial charge in [0.25, 0.3) is 5.91 Å². The number of ether oxygens (including phenoxy) is 1. The highest BCUT2D eigenvalue weighted by molar-refractivity contribution is 5.95. The zero-order chi connectivity index (χ0) is 20.6. The Kier molecular flexibility index (Phi) is 6.58. The largest absolute Gasteiger partial charge is 0.497 e. The average Bonchev–Trinajstić information content (AvgIpc) is 2.75. The van der Waals surface area contributed by atoms with Crippen molar-refractivity contribution in [2.24, 2.45) is 0 Å². The van der Waals surface area contributed by atoms with Crippen molar-refractivity contribution in [2.75, 3.05) is 19.0 Å². The summed E-state index contributed by atoms with van der Waals surface area (Å²) >= 11 is 0. The molecule has 3 aromatic rings. The van der Waals surface area contributed by atoms with Crippen molar-refractivity contribution in [2.45, 2.75) is 13.3 Å². The van der Waals surface area contributed by atoms with Crippen LogP contribution in [0.3, 0.4) is 0 Å². The highest BCUT2D eigenvalue weighted by atomic mass is 16.5. The molecule has 0 unspecified atom stereocenters. The van der Waals surface area contributed by atoms with Crippen LogP contribution in [-0.4, -0.2) is 30.3 Å². The zero-order valence-electron chi connectivity index (χ0n) is 16.4. The Hall–Kier alpha value is -3.67. The van der Waals surface area contributed by atoms with Gasteiger partial charge in [-0.2, -0.15) is 0 Å².